The van der Waals surface area contributed by atoms with E-state index < -0.39 is 0 Å². The number of benzene rings is 1. The van der Waals surface area contributed by atoms with Gasteiger partial charge in [-0.2, -0.15) is 5.10 Å². The van der Waals surface area contributed by atoms with Crippen LogP contribution in [0.4, 0.5) is 10.6 Å². The molecule has 1 aromatic heterocycles. The van der Waals surface area contributed by atoms with Gasteiger partial charge in [0.2, 0.25) is 0 Å². The average molecular weight is 399 g/mol. The predicted octanol–water partition coefficient (Wildman–Crippen LogP) is 3.29. The molecule has 2 N–H and O–H groups in total. The van der Waals surface area contributed by atoms with Crippen LogP contribution in [0.3, 0.4) is 0 Å². The second-order valence-electron chi connectivity index (χ2n) is 7.32. The van der Waals surface area contributed by atoms with Gasteiger partial charge in [-0.05, 0) is 50.5 Å². The number of rotatable bonds is 6. The molecule has 0 unspecified atom stereocenters. The predicted molar refractivity (Wildman–Crippen MR) is 111 cm³/mol. The smallest absolute Gasteiger partial charge is 0.317 e. The van der Waals surface area contributed by atoms with E-state index >= 15 is 0 Å². The number of amides is 3. The normalized spacial score (nSPS) is 15.6. The Bertz CT molecular complexity index is 825. The molecule has 1 aromatic carbocycles. The Hall–Kier alpha value is -3.03. The van der Waals surface area contributed by atoms with Crippen LogP contribution in [0.25, 0.3) is 0 Å². The van der Waals surface area contributed by atoms with E-state index in [1.165, 1.54) is 0 Å². The van der Waals surface area contributed by atoms with Crippen molar-refractivity contribution >= 4 is 17.8 Å². The molecule has 8 heteroatoms. The van der Waals surface area contributed by atoms with E-state index in [4.69, 9.17) is 4.74 Å². The lowest BCUT2D eigenvalue weighted by molar-refractivity contribution is 0.102. The molecule has 29 heavy (non-hydrogen) atoms. The van der Waals surface area contributed by atoms with Crippen molar-refractivity contribution in [3.8, 4) is 5.75 Å². The van der Waals surface area contributed by atoms with Crippen LogP contribution in [-0.2, 0) is 0 Å². The molecule has 1 fully saturated rings. The van der Waals surface area contributed by atoms with E-state index in [9.17, 15) is 9.59 Å². The van der Waals surface area contributed by atoms with Gasteiger partial charge < -0.3 is 20.3 Å². The third-order valence-electron chi connectivity index (χ3n) is 5.34. The van der Waals surface area contributed by atoms with E-state index in [1.807, 2.05) is 16.5 Å². The summed E-state index contributed by atoms with van der Waals surface area (Å²) in [6, 6.07) is 9.07. The zero-order valence-electron chi connectivity index (χ0n) is 17.2. The van der Waals surface area contributed by atoms with E-state index in [0.29, 0.717) is 30.2 Å². The first-order valence-corrected chi connectivity index (χ1v) is 10.1. The van der Waals surface area contributed by atoms with Crippen LogP contribution >= 0.6 is 0 Å². The number of nitrogens with one attached hydrogen (secondary N) is 2. The number of hydrogen-bond acceptors (Lipinski definition) is 4. The highest BCUT2D eigenvalue weighted by atomic mass is 16.5. The third kappa shape index (κ3) is 5.07. The average Bonchev–Trinajstić information content (AvgIpc) is 3.21. The summed E-state index contributed by atoms with van der Waals surface area (Å²) < 4.78 is 6.98. The molecule has 3 rings (SSSR count). The Morgan fingerprint density at radius 3 is 2.52 bits per heavy atom. The van der Waals surface area contributed by atoms with Crippen molar-refractivity contribution in [2.24, 2.45) is 0 Å². The number of carbonyl (C=O) groups excluding carboxylic acids is 2. The Kier molecular flexibility index (Phi) is 6.74. The van der Waals surface area contributed by atoms with Crippen LogP contribution < -0.4 is 15.4 Å². The van der Waals surface area contributed by atoms with E-state index in [1.54, 1.807) is 43.6 Å². The lowest BCUT2D eigenvalue weighted by atomic mass is 10.1. The molecule has 1 atom stereocenters. The molecule has 0 aliphatic carbocycles. The molecule has 0 radical (unpaired) electrons. The summed E-state index contributed by atoms with van der Waals surface area (Å²) in [6.07, 6.45) is 4.18. The van der Waals surface area contributed by atoms with Gasteiger partial charge in [-0.3, -0.25) is 4.79 Å². The molecule has 8 nitrogen and oxygen atoms in total. The number of piperidine rings is 1. The molecule has 1 saturated heterocycles. The maximum absolute atomic E-state index is 12.6. The van der Waals surface area contributed by atoms with Gasteiger partial charge in [0.15, 0.2) is 0 Å². The minimum absolute atomic E-state index is 0.00806. The van der Waals surface area contributed by atoms with Gasteiger partial charge in [0.05, 0.1) is 19.3 Å². The highest BCUT2D eigenvalue weighted by Crippen LogP contribution is 2.26. The van der Waals surface area contributed by atoms with Crippen LogP contribution in [0, 0.1) is 0 Å². The standard InChI is InChI=1S/C21H29N5O3/c1-4-15(2)23-21(28)25-13-10-17(11-14-25)26-19(9-12-22-26)24-20(27)16-5-7-18(29-3)8-6-16/h5-9,12,15,17H,4,10-11,13-14H2,1-3H3,(H,23,28)(H,24,27)/t15-/m1/s1. The molecule has 3 amide bonds. The van der Waals surface area contributed by atoms with Crippen molar-refractivity contribution in [1.82, 2.24) is 20.0 Å². The number of hydrogen-bond donors (Lipinski definition) is 2. The zero-order valence-corrected chi connectivity index (χ0v) is 17.2. The Labute approximate surface area is 171 Å². The maximum atomic E-state index is 12.6. The molecule has 1 aliphatic heterocycles. The summed E-state index contributed by atoms with van der Waals surface area (Å²) in [6.45, 7) is 5.39. The van der Waals surface area contributed by atoms with E-state index in [0.717, 1.165) is 19.3 Å². The minimum atomic E-state index is -0.195. The van der Waals surface area contributed by atoms with Gasteiger partial charge in [-0.25, -0.2) is 9.48 Å². The van der Waals surface area contributed by atoms with Crippen LogP contribution in [0.5, 0.6) is 5.75 Å². The molecule has 0 saturated carbocycles. The Balaban J connectivity index is 1.59. The van der Waals surface area contributed by atoms with Crippen LogP contribution in [0.15, 0.2) is 36.5 Å². The molecule has 1 aliphatic rings. The van der Waals surface area contributed by atoms with Gasteiger partial charge in [-0.15, -0.1) is 0 Å². The fourth-order valence-electron chi connectivity index (χ4n) is 3.35. The summed E-state index contributed by atoms with van der Waals surface area (Å²) in [5, 5.41) is 10.4. The largest absolute Gasteiger partial charge is 0.497 e. The lowest BCUT2D eigenvalue weighted by Crippen LogP contribution is -2.47. The molecule has 0 spiro atoms. The number of nitrogens with zero attached hydrogens (tertiary/aromatic N) is 3. The number of urea groups is 1. The second kappa shape index (κ2) is 9.45. The SMILES string of the molecule is CC[C@@H](C)NC(=O)N1CCC(n2nccc2NC(=O)c2ccc(OC)cc2)CC1. The first-order chi connectivity index (χ1) is 14.0. The molecule has 0 bridgehead atoms. The Morgan fingerprint density at radius 2 is 1.90 bits per heavy atom. The quantitative estimate of drug-likeness (QED) is 0.780. The monoisotopic (exact) mass is 399 g/mol. The van der Waals surface area contributed by atoms with Crippen molar-refractivity contribution in [2.45, 2.75) is 45.2 Å². The number of carbonyl (C=O) groups is 2. The molecular weight excluding hydrogens is 370 g/mol. The van der Waals surface area contributed by atoms with Crippen LogP contribution in [0.1, 0.15) is 49.5 Å². The minimum Gasteiger partial charge on any atom is -0.497 e. The maximum Gasteiger partial charge on any atom is 0.317 e. The van der Waals surface area contributed by atoms with Crippen LogP contribution in [-0.4, -0.2) is 52.9 Å². The fraction of sp³-hybridized carbons (Fsp3) is 0.476. The fourth-order valence-corrected chi connectivity index (χ4v) is 3.35. The van der Waals surface area contributed by atoms with Gasteiger partial charge in [0, 0.05) is 30.8 Å². The van der Waals surface area contributed by atoms with E-state index in [-0.39, 0.29) is 24.0 Å². The van der Waals surface area contributed by atoms with Gasteiger partial charge in [0.1, 0.15) is 11.6 Å². The first-order valence-electron chi connectivity index (χ1n) is 10.1. The highest BCUT2D eigenvalue weighted by Gasteiger charge is 2.26. The van der Waals surface area contributed by atoms with E-state index in [2.05, 4.69) is 22.7 Å². The van der Waals surface area contributed by atoms with Crippen molar-refractivity contribution in [3.63, 3.8) is 0 Å². The molecule has 2 aromatic rings. The number of aromatic nitrogens is 2. The number of ether oxygens (including phenoxy) is 1. The lowest BCUT2D eigenvalue weighted by Gasteiger charge is -2.33. The van der Waals surface area contributed by atoms with Gasteiger partial charge >= 0.3 is 6.03 Å². The summed E-state index contributed by atoms with van der Waals surface area (Å²) in [4.78, 5) is 26.7. The van der Waals surface area contributed by atoms with Gasteiger partial charge in [0.25, 0.3) is 5.91 Å². The zero-order chi connectivity index (χ0) is 20.8. The number of likely N-dealkylation sites (tertiary alicyclic amines) is 1. The van der Waals surface area contributed by atoms with Crippen molar-refractivity contribution in [3.05, 3.63) is 42.1 Å². The highest BCUT2D eigenvalue weighted by molar-refractivity contribution is 6.03. The summed E-state index contributed by atoms with van der Waals surface area (Å²) in [5.41, 5.74) is 0.551. The number of methoxy groups -OCH3 is 1. The van der Waals surface area contributed by atoms with Crippen molar-refractivity contribution in [1.29, 1.82) is 0 Å². The van der Waals surface area contributed by atoms with Crippen LogP contribution in [0.2, 0.25) is 0 Å². The second-order valence-corrected chi connectivity index (χ2v) is 7.32. The van der Waals surface area contributed by atoms with Crippen molar-refractivity contribution < 1.29 is 14.3 Å². The van der Waals surface area contributed by atoms with Crippen molar-refractivity contribution in [2.75, 3.05) is 25.5 Å². The number of anilines is 1. The Morgan fingerprint density at radius 1 is 1.21 bits per heavy atom. The molecular formula is C21H29N5O3. The summed E-state index contributed by atoms with van der Waals surface area (Å²) in [7, 11) is 1.59. The topological polar surface area (TPSA) is 88.5 Å². The molecule has 2 heterocycles. The summed E-state index contributed by atoms with van der Waals surface area (Å²) in [5.74, 6) is 1.17. The summed E-state index contributed by atoms with van der Waals surface area (Å²) >= 11 is 0. The first kappa shape index (κ1) is 20.7. The van der Waals surface area contributed by atoms with Gasteiger partial charge in [-0.1, -0.05) is 6.92 Å². The molecule has 156 valence electrons. The third-order valence-corrected chi connectivity index (χ3v) is 5.34.